The van der Waals surface area contributed by atoms with Crippen molar-refractivity contribution in [3.8, 4) is 5.75 Å². The average Bonchev–Trinajstić information content (AvgIpc) is 2.14. The molecule has 0 radical (unpaired) electrons. The van der Waals surface area contributed by atoms with Gasteiger partial charge in [0.15, 0.2) is 6.61 Å². The highest BCUT2D eigenvalue weighted by atomic mass is 19.4. The van der Waals surface area contributed by atoms with Crippen LogP contribution < -0.4 is 4.74 Å². The van der Waals surface area contributed by atoms with Gasteiger partial charge in [-0.05, 0) is 24.6 Å². The first-order valence-corrected chi connectivity index (χ1v) is 4.36. The standard InChI is InChI=1S/C10H11F3O2/c1-7(14)8-2-4-9(5-3-8)15-6-10(11,12)13/h2-5,7,14H,6H2,1H3/t7-/m1/s1. The summed E-state index contributed by atoms with van der Waals surface area (Å²) in [6.45, 7) is 0.270. The molecule has 84 valence electrons. The van der Waals surface area contributed by atoms with Crippen LogP contribution in [0.3, 0.4) is 0 Å². The van der Waals surface area contributed by atoms with Gasteiger partial charge in [0.05, 0.1) is 6.10 Å². The molecule has 1 N–H and O–H groups in total. The van der Waals surface area contributed by atoms with Gasteiger partial charge in [-0.3, -0.25) is 0 Å². The van der Waals surface area contributed by atoms with Gasteiger partial charge in [-0.1, -0.05) is 12.1 Å². The van der Waals surface area contributed by atoms with Gasteiger partial charge < -0.3 is 9.84 Å². The summed E-state index contributed by atoms with van der Waals surface area (Å²) in [6, 6.07) is 5.84. The summed E-state index contributed by atoms with van der Waals surface area (Å²) in [7, 11) is 0. The third kappa shape index (κ3) is 4.20. The van der Waals surface area contributed by atoms with Crippen LogP contribution in [0, 0.1) is 0 Å². The molecule has 0 unspecified atom stereocenters. The lowest BCUT2D eigenvalue weighted by Crippen LogP contribution is -2.19. The number of halogens is 3. The van der Waals surface area contributed by atoms with Crippen LogP contribution in [0.25, 0.3) is 0 Å². The second kappa shape index (κ2) is 4.53. The fraction of sp³-hybridized carbons (Fsp3) is 0.400. The molecular formula is C10H11F3O2. The Morgan fingerprint density at radius 1 is 1.27 bits per heavy atom. The highest BCUT2D eigenvalue weighted by Crippen LogP contribution is 2.20. The predicted octanol–water partition coefficient (Wildman–Crippen LogP) is 2.68. The van der Waals surface area contributed by atoms with E-state index in [0.717, 1.165) is 0 Å². The monoisotopic (exact) mass is 220 g/mol. The predicted molar refractivity (Wildman–Crippen MR) is 48.6 cm³/mol. The van der Waals surface area contributed by atoms with Crippen molar-refractivity contribution in [2.75, 3.05) is 6.61 Å². The van der Waals surface area contributed by atoms with Crippen molar-refractivity contribution in [1.29, 1.82) is 0 Å². The SMILES string of the molecule is C[C@@H](O)c1ccc(OCC(F)(F)F)cc1. The summed E-state index contributed by atoms with van der Waals surface area (Å²) in [4.78, 5) is 0. The molecule has 2 nitrogen and oxygen atoms in total. The molecule has 5 heteroatoms. The molecule has 1 aromatic rings. The van der Waals surface area contributed by atoms with E-state index in [4.69, 9.17) is 5.11 Å². The number of ether oxygens (including phenoxy) is 1. The van der Waals surface area contributed by atoms with Crippen molar-refractivity contribution < 1.29 is 23.0 Å². The first-order chi connectivity index (χ1) is 6.88. The van der Waals surface area contributed by atoms with Crippen LogP contribution in [0.4, 0.5) is 13.2 Å². The van der Waals surface area contributed by atoms with Gasteiger partial charge in [-0.15, -0.1) is 0 Å². The van der Waals surface area contributed by atoms with Crippen molar-refractivity contribution in [3.05, 3.63) is 29.8 Å². The van der Waals surface area contributed by atoms with E-state index in [1.54, 1.807) is 6.92 Å². The smallest absolute Gasteiger partial charge is 0.422 e. The van der Waals surface area contributed by atoms with Gasteiger partial charge in [-0.2, -0.15) is 13.2 Å². The van der Waals surface area contributed by atoms with Crippen LogP contribution >= 0.6 is 0 Å². The van der Waals surface area contributed by atoms with Crippen molar-refractivity contribution >= 4 is 0 Å². The Morgan fingerprint density at radius 3 is 2.20 bits per heavy atom. The second-order valence-electron chi connectivity index (χ2n) is 3.15. The summed E-state index contributed by atoms with van der Waals surface area (Å²) in [5, 5.41) is 9.15. The van der Waals surface area contributed by atoms with Crippen molar-refractivity contribution in [1.82, 2.24) is 0 Å². The highest BCUT2D eigenvalue weighted by molar-refractivity contribution is 5.28. The molecule has 0 spiro atoms. The molecule has 1 rings (SSSR count). The quantitative estimate of drug-likeness (QED) is 0.848. The van der Waals surface area contributed by atoms with E-state index in [1.165, 1.54) is 24.3 Å². The molecule has 0 bridgehead atoms. The van der Waals surface area contributed by atoms with Crippen LogP contribution in [-0.4, -0.2) is 17.9 Å². The lowest BCUT2D eigenvalue weighted by molar-refractivity contribution is -0.153. The molecule has 0 aliphatic heterocycles. The molecule has 0 amide bonds. The largest absolute Gasteiger partial charge is 0.484 e. The molecule has 1 atom stereocenters. The van der Waals surface area contributed by atoms with Gasteiger partial charge in [0.1, 0.15) is 5.75 Å². The first-order valence-electron chi connectivity index (χ1n) is 4.36. The number of benzene rings is 1. The molecule has 0 saturated carbocycles. The maximum absolute atomic E-state index is 11.8. The van der Waals surface area contributed by atoms with Crippen LogP contribution in [0.5, 0.6) is 5.75 Å². The first kappa shape index (κ1) is 11.8. The molecule has 0 heterocycles. The number of hydrogen-bond acceptors (Lipinski definition) is 2. The van der Waals surface area contributed by atoms with Crippen LogP contribution in [0.2, 0.25) is 0 Å². The van der Waals surface area contributed by atoms with Crippen molar-refractivity contribution in [2.24, 2.45) is 0 Å². The van der Waals surface area contributed by atoms with E-state index < -0.39 is 18.9 Å². The van der Waals surface area contributed by atoms with E-state index >= 15 is 0 Å². The lowest BCUT2D eigenvalue weighted by Gasteiger charge is -2.10. The Balaban J connectivity index is 2.57. The topological polar surface area (TPSA) is 29.5 Å². The van der Waals surface area contributed by atoms with Gasteiger partial charge >= 0.3 is 6.18 Å². The van der Waals surface area contributed by atoms with E-state index in [9.17, 15) is 13.2 Å². The Labute approximate surface area is 85.3 Å². The van der Waals surface area contributed by atoms with Crippen LogP contribution in [-0.2, 0) is 0 Å². The summed E-state index contributed by atoms with van der Waals surface area (Å²) >= 11 is 0. The minimum atomic E-state index is -4.33. The minimum absolute atomic E-state index is 0.136. The van der Waals surface area contributed by atoms with Gasteiger partial charge in [0, 0.05) is 0 Å². The normalized spacial score (nSPS) is 13.7. The van der Waals surface area contributed by atoms with Crippen molar-refractivity contribution in [2.45, 2.75) is 19.2 Å². The Kier molecular flexibility index (Phi) is 3.57. The van der Waals surface area contributed by atoms with Gasteiger partial charge in [0.2, 0.25) is 0 Å². The molecule has 1 aromatic carbocycles. The number of aliphatic hydroxyl groups is 1. The third-order valence-electron chi connectivity index (χ3n) is 1.77. The third-order valence-corrected chi connectivity index (χ3v) is 1.77. The van der Waals surface area contributed by atoms with E-state index in [2.05, 4.69) is 4.74 Å². The van der Waals surface area contributed by atoms with E-state index in [-0.39, 0.29) is 5.75 Å². The molecule has 0 aromatic heterocycles. The fourth-order valence-electron chi connectivity index (χ4n) is 1.01. The van der Waals surface area contributed by atoms with Crippen LogP contribution in [0.1, 0.15) is 18.6 Å². The minimum Gasteiger partial charge on any atom is -0.484 e. The van der Waals surface area contributed by atoms with Crippen LogP contribution in [0.15, 0.2) is 24.3 Å². The number of rotatable bonds is 3. The number of aliphatic hydroxyl groups excluding tert-OH is 1. The Hall–Kier alpha value is -1.23. The summed E-state index contributed by atoms with van der Waals surface area (Å²) in [6.07, 6.45) is -4.97. The van der Waals surface area contributed by atoms with Gasteiger partial charge in [0.25, 0.3) is 0 Å². The Morgan fingerprint density at radius 2 is 1.80 bits per heavy atom. The number of alkyl halides is 3. The summed E-state index contributed by atoms with van der Waals surface area (Å²) in [5.74, 6) is 0.136. The summed E-state index contributed by atoms with van der Waals surface area (Å²) < 4.78 is 39.8. The zero-order chi connectivity index (χ0) is 11.5. The molecular weight excluding hydrogens is 209 g/mol. The maximum atomic E-state index is 11.8. The molecule has 0 saturated heterocycles. The molecule has 0 aliphatic carbocycles. The van der Waals surface area contributed by atoms with Crippen molar-refractivity contribution in [3.63, 3.8) is 0 Å². The zero-order valence-corrected chi connectivity index (χ0v) is 8.08. The average molecular weight is 220 g/mol. The number of hydrogen-bond donors (Lipinski definition) is 1. The molecule has 15 heavy (non-hydrogen) atoms. The Bertz CT molecular complexity index is 303. The second-order valence-corrected chi connectivity index (χ2v) is 3.15. The zero-order valence-electron chi connectivity index (χ0n) is 8.08. The maximum Gasteiger partial charge on any atom is 0.422 e. The fourth-order valence-corrected chi connectivity index (χ4v) is 1.01. The lowest BCUT2D eigenvalue weighted by atomic mass is 10.1. The molecule has 0 fully saturated rings. The highest BCUT2D eigenvalue weighted by Gasteiger charge is 2.28. The van der Waals surface area contributed by atoms with E-state index in [0.29, 0.717) is 5.56 Å². The van der Waals surface area contributed by atoms with E-state index in [1.807, 2.05) is 0 Å². The molecule has 0 aliphatic rings. The van der Waals surface area contributed by atoms with Gasteiger partial charge in [-0.25, -0.2) is 0 Å². The summed E-state index contributed by atoms with van der Waals surface area (Å²) in [5.41, 5.74) is 0.634.